The Kier molecular flexibility index (Phi) is 3.70. The van der Waals surface area contributed by atoms with Crippen LogP contribution in [0.25, 0.3) is 16.9 Å². The van der Waals surface area contributed by atoms with Crippen LogP contribution in [0.2, 0.25) is 0 Å². The fraction of sp³-hybridized carbons (Fsp3) is 0.167. The van der Waals surface area contributed by atoms with Gasteiger partial charge in [-0.3, -0.25) is 0 Å². The van der Waals surface area contributed by atoms with E-state index in [9.17, 15) is 9.90 Å². The number of aromatic nitrogens is 3. The Bertz CT molecular complexity index is 880. The van der Waals surface area contributed by atoms with Crippen LogP contribution in [-0.4, -0.2) is 26.1 Å². The first-order chi connectivity index (χ1) is 11.0. The van der Waals surface area contributed by atoms with Gasteiger partial charge in [0.25, 0.3) is 0 Å². The van der Waals surface area contributed by atoms with Gasteiger partial charge in [-0.15, -0.1) is 5.10 Å². The summed E-state index contributed by atoms with van der Waals surface area (Å²) in [6, 6.07) is 13.6. The van der Waals surface area contributed by atoms with Gasteiger partial charge in [0.15, 0.2) is 5.69 Å². The zero-order valence-corrected chi connectivity index (χ0v) is 13.2. The molecule has 0 radical (unpaired) electrons. The number of aryl methyl sites for hydroxylation is 3. The van der Waals surface area contributed by atoms with Crippen LogP contribution in [-0.2, 0) is 0 Å². The van der Waals surface area contributed by atoms with Crippen molar-refractivity contribution in [3.05, 3.63) is 64.8 Å². The molecule has 0 bridgehead atoms. The van der Waals surface area contributed by atoms with Crippen molar-refractivity contribution in [3.63, 3.8) is 0 Å². The minimum atomic E-state index is -1.09. The molecule has 2 aromatic carbocycles. The molecular formula is C18H17N3O2. The Morgan fingerprint density at radius 1 is 1.00 bits per heavy atom. The predicted molar refractivity (Wildman–Crippen MR) is 88.0 cm³/mol. The fourth-order valence-corrected chi connectivity index (χ4v) is 2.44. The quantitative estimate of drug-likeness (QED) is 0.803. The molecule has 0 amide bonds. The van der Waals surface area contributed by atoms with Crippen molar-refractivity contribution >= 4 is 5.97 Å². The van der Waals surface area contributed by atoms with Crippen molar-refractivity contribution in [2.24, 2.45) is 0 Å². The first-order valence-corrected chi connectivity index (χ1v) is 7.31. The van der Waals surface area contributed by atoms with Crippen LogP contribution in [0.15, 0.2) is 42.5 Å². The van der Waals surface area contributed by atoms with Crippen LogP contribution in [0.3, 0.4) is 0 Å². The lowest BCUT2D eigenvalue weighted by Crippen LogP contribution is -2.03. The normalized spacial score (nSPS) is 10.7. The molecule has 5 nitrogen and oxygen atoms in total. The number of nitrogens with zero attached hydrogens (tertiary/aromatic N) is 3. The van der Waals surface area contributed by atoms with Gasteiger partial charge in [0.05, 0.1) is 5.69 Å². The maximum absolute atomic E-state index is 11.5. The topological polar surface area (TPSA) is 68.0 Å². The number of carboxylic acid groups (broad SMARTS) is 1. The third kappa shape index (κ3) is 2.73. The average molecular weight is 307 g/mol. The lowest BCUT2D eigenvalue weighted by atomic mass is 10.0. The molecule has 3 rings (SSSR count). The maximum Gasteiger partial charge on any atom is 0.358 e. The van der Waals surface area contributed by atoms with Crippen LogP contribution >= 0.6 is 0 Å². The maximum atomic E-state index is 11.5. The fourth-order valence-electron chi connectivity index (χ4n) is 2.44. The van der Waals surface area contributed by atoms with E-state index in [1.807, 2.05) is 63.2 Å². The molecule has 1 heterocycles. The molecule has 1 N–H and O–H groups in total. The molecule has 0 aliphatic heterocycles. The summed E-state index contributed by atoms with van der Waals surface area (Å²) in [7, 11) is 0. The molecule has 116 valence electrons. The van der Waals surface area contributed by atoms with E-state index in [2.05, 4.69) is 10.3 Å². The number of rotatable bonds is 3. The number of aromatic carboxylic acids is 1. The molecule has 23 heavy (non-hydrogen) atoms. The Labute approximate surface area is 134 Å². The molecule has 3 aromatic rings. The minimum absolute atomic E-state index is 0.0474. The van der Waals surface area contributed by atoms with Gasteiger partial charge in [0.2, 0.25) is 0 Å². The van der Waals surface area contributed by atoms with Crippen molar-refractivity contribution in [1.82, 2.24) is 15.0 Å². The number of carboxylic acids is 1. The molecule has 0 saturated heterocycles. The summed E-state index contributed by atoms with van der Waals surface area (Å²) in [6.07, 6.45) is 0. The molecule has 0 unspecified atom stereocenters. The first kappa shape index (κ1) is 15.0. The molecule has 0 spiro atoms. The molecular weight excluding hydrogens is 290 g/mol. The number of benzene rings is 2. The van der Waals surface area contributed by atoms with E-state index in [1.54, 1.807) is 4.68 Å². The zero-order chi connectivity index (χ0) is 16.6. The first-order valence-electron chi connectivity index (χ1n) is 7.31. The highest BCUT2D eigenvalue weighted by Gasteiger charge is 2.21. The molecule has 0 aliphatic rings. The van der Waals surface area contributed by atoms with Gasteiger partial charge in [-0.25, -0.2) is 9.48 Å². The van der Waals surface area contributed by atoms with Crippen LogP contribution in [0.1, 0.15) is 27.2 Å². The summed E-state index contributed by atoms with van der Waals surface area (Å²) < 4.78 is 1.58. The zero-order valence-electron chi connectivity index (χ0n) is 13.2. The van der Waals surface area contributed by atoms with Gasteiger partial charge in [0, 0.05) is 5.56 Å². The smallest absolute Gasteiger partial charge is 0.358 e. The SMILES string of the molecule is Cc1ccc(-n2nnc(C(=O)O)c2-c2ccc(C)c(C)c2)cc1. The highest BCUT2D eigenvalue weighted by Crippen LogP contribution is 2.27. The van der Waals surface area contributed by atoms with Gasteiger partial charge in [0.1, 0.15) is 5.69 Å². The van der Waals surface area contributed by atoms with E-state index in [-0.39, 0.29) is 5.69 Å². The highest BCUT2D eigenvalue weighted by molar-refractivity contribution is 5.93. The summed E-state index contributed by atoms with van der Waals surface area (Å²) in [4.78, 5) is 11.5. The molecule has 5 heteroatoms. The Balaban J connectivity index is 2.24. The van der Waals surface area contributed by atoms with Gasteiger partial charge in [-0.1, -0.05) is 35.0 Å². The van der Waals surface area contributed by atoms with Gasteiger partial charge < -0.3 is 5.11 Å². The number of hydrogen-bond donors (Lipinski definition) is 1. The Morgan fingerprint density at radius 2 is 1.70 bits per heavy atom. The van der Waals surface area contributed by atoms with Crippen LogP contribution in [0.4, 0.5) is 0 Å². The third-order valence-electron chi connectivity index (χ3n) is 3.93. The molecule has 1 aromatic heterocycles. The van der Waals surface area contributed by atoms with Crippen LogP contribution in [0.5, 0.6) is 0 Å². The molecule has 0 aliphatic carbocycles. The van der Waals surface area contributed by atoms with Gasteiger partial charge in [-0.05, 0) is 50.1 Å². The second-order valence-electron chi connectivity index (χ2n) is 5.64. The Morgan fingerprint density at radius 3 is 2.30 bits per heavy atom. The van der Waals surface area contributed by atoms with Crippen LogP contribution in [0, 0.1) is 20.8 Å². The lowest BCUT2D eigenvalue weighted by Gasteiger charge is -2.09. The standard InChI is InChI=1S/C18H17N3O2/c1-11-4-8-15(9-5-11)21-17(16(18(22)23)19-20-21)14-7-6-12(2)13(3)10-14/h4-10H,1-3H3,(H,22,23). The summed E-state index contributed by atoms with van der Waals surface area (Å²) in [5.74, 6) is -1.09. The van der Waals surface area contributed by atoms with Crippen molar-refractivity contribution in [1.29, 1.82) is 0 Å². The Hall–Kier alpha value is -2.95. The third-order valence-corrected chi connectivity index (χ3v) is 3.93. The van der Waals surface area contributed by atoms with E-state index in [4.69, 9.17) is 0 Å². The minimum Gasteiger partial charge on any atom is -0.476 e. The van der Waals surface area contributed by atoms with Gasteiger partial charge >= 0.3 is 5.97 Å². The summed E-state index contributed by atoms with van der Waals surface area (Å²) in [5, 5.41) is 17.3. The summed E-state index contributed by atoms with van der Waals surface area (Å²) >= 11 is 0. The molecule has 0 saturated carbocycles. The summed E-state index contributed by atoms with van der Waals surface area (Å²) in [5.41, 5.74) is 5.38. The van der Waals surface area contributed by atoms with Crippen molar-refractivity contribution in [3.8, 4) is 16.9 Å². The van der Waals surface area contributed by atoms with E-state index in [0.717, 1.165) is 27.9 Å². The second-order valence-corrected chi connectivity index (χ2v) is 5.64. The van der Waals surface area contributed by atoms with Crippen molar-refractivity contribution in [2.45, 2.75) is 20.8 Å². The largest absolute Gasteiger partial charge is 0.476 e. The second kappa shape index (κ2) is 5.68. The van der Waals surface area contributed by atoms with E-state index < -0.39 is 5.97 Å². The van der Waals surface area contributed by atoms with Crippen molar-refractivity contribution in [2.75, 3.05) is 0 Å². The average Bonchev–Trinajstić information content (AvgIpc) is 2.96. The van der Waals surface area contributed by atoms with Crippen molar-refractivity contribution < 1.29 is 9.90 Å². The van der Waals surface area contributed by atoms with E-state index >= 15 is 0 Å². The van der Waals surface area contributed by atoms with E-state index in [1.165, 1.54) is 0 Å². The number of hydrogen-bond acceptors (Lipinski definition) is 3. The predicted octanol–water partition coefficient (Wildman–Crippen LogP) is 3.56. The van der Waals surface area contributed by atoms with Crippen LogP contribution < -0.4 is 0 Å². The molecule has 0 fully saturated rings. The van der Waals surface area contributed by atoms with E-state index in [0.29, 0.717) is 5.69 Å². The number of carbonyl (C=O) groups is 1. The lowest BCUT2D eigenvalue weighted by molar-refractivity contribution is 0.0691. The van der Waals surface area contributed by atoms with Gasteiger partial charge in [-0.2, -0.15) is 0 Å². The molecule has 0 atom stereocenters. The highest BCUT2D eigenvalue weighted by atomic mass is 16.4. The summed E-state index contributed by atoms with van der Waals surface area (Å²) in [6.45, 7) is 6.02. The monoisotopic (exact) mass is 307 g/mol.